The second-order valence-electron chi connectivity index (χ2n) is 10.1. The number of H-pyrrole nitrogens is 1. The molecule has 6 rings (SSSR count). The Morgan fingerprint density at radius 2 is 1.88 bits per heavy atom. The molecule has 0 spiro atoms. The zero-order valence-corrected chi connectivity index (χ0v) is 21.9. The molecule has 41 heavy (non-hydrogen) atoms. The molecule has 1 atom stereocenters. The summed E-state index contributed by atoms with van der Waals surface area (Å²) in [4.78, 5) is 9.00. The molecule has 0 saturated carbocycles. The number of nitrogens with zero attached hydrogens (tertiary/aromatic N) is 5. The molecule has 1 fully saturated rings. The number of nitrogens with one attached hydrogen (secondary N) is 1. The van der Waals surface area contributed by atoms with Crippen LogP contribution in [0.2, 0.25) is 0 Å². The van der Waals surface area contributed by atoms with Crippen molar-refractivity contribution in [3.05, 3.63) is 88.3 Å². The topological polar surface area (TPSA) is 100.0 Å². The van der Waals surface area contributed by atoms with Crippen molar-refractivity contribution in [3.8, 4) is 29.0 Å². The predicted molar refractivity (Wildman–Crippen MR) is 138 cm³/mol. The van der Waals surface area contributed by atoms with Crippen LogP contribution in [0.25, 0.3) is 11.4 Å². The fraction of sp³-hybridized carbons (Fsp3) is 0.310. The second kappa shape index (κ2) is 10.5. The van der Waals surface area contributed by atoms with Crippen LogP contribution < -0.4 is 9.47 Å². The Kier molecular flexibility index (Phi) is 6.83. The number of aromatic nitrogens is 4. The molecule has 0 amide bonds. The first kappa shape index (κ1) is 26.7. The largest absolute Gasteiger partial charge is 0.451 e. The Morgan fingerprint density at radius 3 is 2.56 bits per heavy atom. The van der Waals surface area contributed by atoms with Crippen molar-refractivity contribution in [1.29, 1.82) is 5.26 Å². The number of piperidine rings is 1. The summed E-state index contributed by atoms with van der Waals surface area (Å²) in [5.41, 5.74) is 3.60. The number of para-hydroxylation sites is 1. The van der Waals surface area contributed by atoms with Crippen molar-refractivity contribution < 1.29 is 27.0 Å². The number of rotatable bonds is 5. The normalized spacial score (nSPS) is 17.5. The highest BCUT2D eigenvalue weighted by atomic mass is 19.4. The first-order chi connectivity index (χ1) is 19.7. The molecule has 210 valence electrons. The van der Waals surface area contributed by atoms with Crippen molar-refractivity contribution in [2.45, 2.75) is 44.7 Å². The lowest BCUT2D eigenvalue weighted by Crippen LogP contribution is -2.33. The van der Waals surface area contributed by atoms with E-state index in [9.17, 15) is 17.6 Å². The Morgan fingerprint density at radius 1 is 1.07 bits per heavy atom. The number of alkyl halides is 3. The van der Waals surface area contributed by atoms with Gasteiger partial charge in [0.1, 0.15) is 5.82 Å². The van der Waals surface area contributed by atoms with Crippen LogP contribution in [-0.2, 0) is 12.7 Å². The SMILES string of the molecule is Cc1cc(-c2nnc(C(F)(F)F)[nH]2)cnc1CN1CCC(c2cccc3c2O[C@@H](c2ccc(C#N)cc2F)O3)CC1. The molecular weight excluding hydrogens is 540 g/mol. The second-order valence-corrected chi connectivity index (χ2v) is 10.1. The van der Waals surface area contributed by atoms with Crippen LogP contribution >= 0.6 is 0 Å². The summed E-state index contributed by atoms with van der Waals surface area (Å²) in [7, 11) is 0. The summed E-state index contributed by atoms with van der Waals surface area (Å²) in [5.74, 6) is -0.275. The van der Waals surface area contributed by atoms with Crippen LogP contribution in [-0.4, -0.2) is 38.2 Å². The lowest BCUT2D eigenvalue weighted by molar-refractivity contribution is -0.144. The van der Waals surface area contributed by atoms with E-state index < -0.39 is 24.1 Å². The van der Waals surface area contributed by atoms with Gasteiger partial charge in [-0.1, -0.05) is 12.1 Å². The third-order valence-electron chi connectivity index (χ3n) is 7.47. The molecule has 0 bridgehead atoms. The number of halogens is 4. The maximum Gasteiger partial charge on any atom is 0.451 e. The van der Waals surface area contributed by atoms with E-state index in [1.54, 1.807) is 12.1 Å². The number of aromatic amines is 1. The minimum Gasteiger partial charge on any atom is -0.447 e. The molecule has 2 aliphatic rings. The highest BCUT2D eigenvalue weighted by Crippen LogP contribution is 2.47. The third-order valence-corrected chi connectivity index (χ3v) is 7.47. The standard InChI is InChI=1S/C29H24F4N6O2/c1-16-11-19(26-36-28(38-37-26)29(31,32)33)14-35-23(16)15-39-9-7-18(8-10-39)20-3-2-4-24-25(20)41-27(40-24)21-6-5-17(13-34)12-22(21)30/h2-6,11-12,14,18,27H,7-10,15H2,1H3,(H,36,37,38)/t27-/m0/s1. The molecule has 4 aromatic rings. The zero-order chi connectivity index (χ0) is 28.7. The van der Waals surface area contributed by atoms with Gasteiger partial charge in [-0.3, -0.25) is 9.88 Å². The fourth-order valence-corrected chi connectivity index (χ4v) is 5.27. The number of pyridine rings is 1. The quantitative estimate of drug-likeness (QED) is 0.295. The predicted octanol–water partition coefficient (Wildman–Crippen LogP) is 6.05. The average Bonchev–Trinajstić information content (AvgIpc) is 3.62. The van der Waals surface area contributed by atoms with E-state index in [-0.39, 0.29) is 22.9 Å². The van der Waals surface area contributed by atoms with Gasteiger partial charge in [0.15, 0.2) is 17.3 Å². The number of hydrogen-bond donors (Lipinski definition) is 1. The monoisotopic (exact) mass is 564 g/mol. The van der Waals surface area contributed by atoms with Crippen molar-refractivity contribution in [3.63, 3.8) is 0 Å². The van der Waals surface area contributed by atoms with Crippen LogP contribution in [0, 0.1) is 24.1 Å². The molecule has 0 unspecified atom stereocenters. The Balaban J connectivity index is 1.10. The summed E-state index contributed by atoms with van der Waals surface area (Å²) in [6.07, 6.45) is -2.28. The molecule has 1 saturated heterocycles. The summed E-state index contributed by atoms with van der Waals surface area (Å²) >= 11 is 0. The average molecular weight is 565 g/mol. The van der Waals surface area contributed by atoms with E-state index >= 15 is 0 Å². The van der Waals surface area contributed by atoms with E-state index in [0.29, 0.717) is 23.6 Å². The van der Waals surface area contributed by atoms with E-state index in [0.717, 1.165) is 42.8 Å². The molecule has 1 N–H and O–H groups in total. The molecule has 8 nitrogen and oxygen atoms in total. The maximum absolute atomic E-state index is 14.6. The Hall–Kier alpha value is -4.50. The van der Waals surface area contributed by atoms with Crippen molar-refractivity contribution in [1.82, 2.24) is 25.1 Å². The number of nitriles is 1. The van der Waals surface area contributed by atoms with Gasteiger partial charge in [0, 0.05) is 23.9 Å². The lowest BCUT2D eigenvalue weighted by Gasteiger charge is -2.32. The van der Waals surface area contributed by atoms with Gasteiger partial charge in [-0.25, -0.2) is 4.39 Å². The van der Waals surface area contributed by atoms with Gasteiger partial charge < -0.3 is 14.5 Å². The van der Waals surface area contributed by atoms with Gasteiger partial charge in [0.05, 0.1) is 22.9 Å². The Bertz CT molecular complexity index is 1640. The van der Waals surface area contributed by atoms with E-state index in [1.165, 1.54) is 24.4 Å². The molecule has 0 aliphatic carbocycles. The van der Waals surface area contributed by atoms with Crippen molar-refractivity contribution >= 4 is 0 Å². The van der Waals surface area contributed by atoms with Gasteiger partial charge in [-0.2, -0.15) is 18.4 Å². The van der Waals surface area contributed by atoms with Gasteiger partial charge in [0.25, 0.3) is 6.29 Å². The summed E-state index contributed by atoms with van der Waals surface area (Å²) in [6.45, 7) is 4.10. The fourth-order valence-electron chi connectivity index (χ4n) is 5.27. The summed E-state index contributed by atoms with van der Waals surface area (Å²) in [5, 5.41) is 15.8. The number of ether oxygens (including phenoxy) is 2. The van der Waals surface area contributed by atoms with E-state index in [4.69, 9.17) is 14.7 Å². The molecule has 0 radical (unpaired) electrons. The highest BCUT2D eigenvalue weighted by molar-refractivity contribution is 5.55. The number of aryl methyl sites for hydroxylation is 1. The molecule has 12 heteroatoms. The first-order valence-corrected chi connectivity index (χ1v) is 13.0. The molecule has 2 aromatic heterocycles. The van der Waals surface area contributed by atoms with Gasteiger partial charge >= 0.3 is 6.18 Å². The Labute approximate surface area is 232 Å². The van der Waals surface area contributed by atoms with Crippen LogP contribution in [0.15, 0.2) is 48.7 Å². The minimum absolute atomic E-state index is 0.0195. The molecular formula is C29H24F4N6O2. The van der Waals surface area contributed by atoms with Gasteiger partial charge in [-0.05, 0) is 74.7 Å². The van der Waals surface area contributed by atoms with Crippen molar-refractivity contribution in [2.75, 3.05) is 13.1 Å². The number of hydrogen-bond acceptors (Lipinski definition) is 7. The number of fused-ring (bicyclic) bond motifs is 1. The maximum atomic E-state index is 14.6. The van der Waals surface area contributed by atoms with E-state index in [1.807, 2.05) is 25.1 Å². The molecule has 2 aromatic carbocycles. The minimum atomic E-state index is -4.59. The van der Waals surface area contributed by atoms with Crippen LogP contribution in [0.5, 0.6) is 11.5 Å². The summed E-state index contributed by atoms with van der Waals surface area (Å²) < 4.78 is 65.2. The first-order valence-electron chi connectivity index (χ1n) is 13.0. The van der Waals surface area contributed by atoms with Crippen LogP contribution in [0.3, 0.4) is 0 Å². The molecule has 4 heterocycles. The van der Waals surface area contributed by atoms with Crippen molar-refractivity contribution in [2.24, 2.45) is 0 Å². The van der Waals surface area contributed by atoms with Crippen LogP contribution in [0.1, 0.15) is 58.8 Å². The number of likely N-dealkylation sites (tertiary alicyclic amines) is 1. The third kappa shape index (κ3) is 5.32. The smallest absolute Gasteiger partial charge is 0.447 e. The van der Waals surface area contributed by atoms with Gasteiger partial charge in [0.2, 0.25) is 5.82 Å². The number of benzene rings is 2. The molecule has 2 aliphatic heterocycles. The van der Waals surface area contributed by atoms with Gasteiger partial charge in [-0.15, -0.1) is 10.2 Å². The van der Waals surface area contributed by atoms with Crippen LogP contribution in [0.4, 0.5) is 17.6 Å². The lowest BCUT2D eigenvalue weighted by atomic mass is 9.88. The van der Waals surface area contributed by atoms with E-state index in [2.05, 4.69) is 25.1 Å². The summed E-state index contributed by atoms with van der Waals surface area (Å²) in [6, 6.07) is 13.6. The zero-order valence-electron chi connectivity index (χ0n) is 21.9. The highest BCUT2D eigenvalue weighted by Gasteiger charge is 2.36.